The predicted molar refractivity (Wildman–Crippen MR) is 78.9 cm³/mol. The molecule has 0 aliphatic carbocycles. The lowest BCUT2D eigenvalue weighted by Crippen LogP contribution is -2.56. The lowest BCUT2D eigenvalue weighted by molar-refractivity contribution is -0.150. The van der Waals surface area contributed by atoms with Crippen LogP contribution in [0.2, 0.25) is 0 Å². The zero-order valence-electron chi connectivity index (χ0n) is 13.3. The van der Waals surface area contributed by atoms with E-state index in [2.05, 4.69) is 4.28 Å². The fraction of sp³-hybridized carbons (Fsp3) is 0.750. The Balaban J connectivity index is 2.13. The molecule has 0 radical (unpaired) electrons. The van der Waals surface area contributed by atoms with Gasteiger partial charge in [-0.1, -0.05) is 13.8 Å². The minimum atomic E-state index is -4.86. The number of carbonyl (C=O) groups excluding carboxylic acids is 3. The zero-order valence-corrected chi connectivity index (χ0v) is 14.1. The number of hydrazine groups is 1. The second-order valence-corrected chi connectivity index (χ2v) is 6.87. The molecule has 0 aromatic rings. The van der Waals surface area contributed by atoms with Crippen molar-refractivity contribution >= 4 is 28.2 Å². The molecule has 24 heavy (non-hydrogen) atoms. The average Bonchev–Trinajstić information content (AvgIpc) is 2.76. The Morgan fingerprint density at radius 2 is 2.08 bits per heavy atom. The van der Waals surface area contributed by atoms with E-state index >= 15 is 0 Å². The highest BCUT2D eigenvalue weighted by Crippen LogP contribution is 2.31. The Kier molecular flexibility index (Phi) is 5.13. The van der Waals surface area contributed by atoms with Crippen molar-refractivity contribution in [1.82, 2.24) is 15.0 Å². The molecule has 4 amide bonds. The maximum atomic E-state index is 12.4. The molecule has 2 heterocycles. The molecule has 0 aromatic heterocycles. The smallest absolute Gasteiger partial charge is 0.309 e. The first-order chi connectivity index (χ1) is 11.1. The van der Waals surface area contributed by atoms with Gasteiger partial charge in [0.15, 0.2) is 0 Å². The van der Waals surface area contributed by atoms with Crippen LogP contribution in [0.4, 0.5) is 4.79 Å². The third kappa shape index (κ3) is 3.50. The van der Waals surface area contributed by atoms with Crippen molar-refractivity contribution in [2.24, 2.45) is 11.8 Å². The van der Waals surface area contributed by atoms with Gasteiger partial charge in [0, 0.05) is 12.5 Å². The third-order valence-corrected chi connectivity index (χ3v) is 4.64. The number of nitrogens with two attached hydrogens (primary N) is 1. The van der Waals surface area contributed by atoms with Crippen molar-refractivity contribution in [2.45, 2.75) is 45.2 Å². The lowest BCUT2D eigenvalue weighted by atomic mass is 9.99. The van der Waals surface area contributed by atoms with Crippen LogP contribution >= 0.6 is 0 Å². The van der Waals surface area contributed by atoms with E-state index in [0.717, 1.165) is 4.90 Å². The number of carbonyl (C=O) groups is 3. The molecule has 2 aliphatic rings. The molecule has 2 saturated heterocycles. The molecule has 0 aromatic carbocycles. The van der Waals surface area contributed by atoms with E-state index < -0.39 is 46.2 Å². The van der Waals surface area contributed by atoms with Crippen molar-refractivity contribution in [3.05, 3.63) is 0 Å². The van der Waals surface area contributed by atoms with E-state index in [1.165, 1.54) is 0 Å². The maximum Gasteiger partial charge on any atom is 0.418 e. The number of urea groups is 1. The van der Waals surface area contributed by atoms with Gasteiger partial charge in [-0.3, -0.25) is 14.1 Å². The average molecular weight is 364 g/mol. The van der Waals surface area contributed by atoms with E-state index in [-0.39, 0.29) is 19.4 Å². The maximum absolute atomic E-state index is 12.4. The van der Waals surface area contributed by atoms with Gasteiger partial charge < -0.3 is 4.90 Å². The minimum Gasteiger partial charge on any atom is -0.309 e. The van der Waals surface area contributed by atoms with Gasteiger partial charge in [-0.15, -0.1) is 4.28 Å². The topological polar surface area (TPSA) is 151 Å². The number of imide groups is 1. The number of nitrogens with zero attached hydrogens (tertiary/aromatic N) is 3. The lowest BCUT2D eigenvalue weighted by Gasteiger charge is -2.31. The van der Waals surface area contributed by atoms with Crippen LogP contribution < -0.4 is 5.84 Å². The normalized spacial score (nSPS) is 24.9. The van der Waals surface area contributed by atoms with Gasteiger partial charge in [-0.2, -0.15) is 13.5 Å². The summed E-state index contributed by atoms with van der Waals surface area (Å²) >= 11 is 0. The number of hydroxylamine groups is 2. The summed E-state index contributed by atoms with van der Waals surface area (Å²) in [5.41, 5.74) is 0. The summed E-state index contributed by atoms with van der Waals surface area (Å²) in [5.74, 6) is 3.87. The Hall–Kier alpha value is -1.76. The molecule has 11 nitrogen and oxygen atoms in total. The van der Waals surface area contributed by atoms with Gasteiger partial charge in [-0.25, -0.2) is 15.6 Å². The van der Waals surface area contributed by atoms with Crippen molar-refractivity contribution < 1.29 is 31.6 Å². The third-order valence-electron chi connectivity index (χ3n) is 4.29. The standard InChI is InChI=1S/C12H20N4O7S/c1-3-7(2)10(17)15(13)11(18)9-5-4-8-6-14(9)12(19)16(8)23-24(20,21)22/h7-9H,3-6,13H2,1-2H3,(H,20,21,22). The van der Waals surface area contributed by atoms with Gasteiger partial charge in [0.25, 0.3) is 5.91 Å². The summed E-state index contributed by atoms with van der Waals surface area (Å²) in [4.78, 5) is 37.8. The molecule has 2 rings (SSSR count). The monoisotopic (exact) mass is 364 g/mol. The molecule has 12 heteroatoms. The van der Waals surface area contributed by atoms with Gasteiger partial charge in [0.1, 0.15) is 6.04 Å². The molecular formula is C12H20N4O7S. The number of hydrogen-bond acceptors (Lipinski definition) is 7. The van der Waals surface area contributed by atoms with Crippen LogP contribution in [-0.2, 0) is 24.3 Å². The Morgan fingerprint density at radius 1 is 1.46 bits per heavy atom. The Morgan fingerprint density at radius 3 is 2.62 bits per heavy atom. The van der Waals surface area contributed by atoms with Crippen LogP contribution in [0.3, 0.4) is 0 Å². The quantitative estimate of drug-likeness (QED) is 0.280. The van der Waals surface area contributed by atoms with Crippen LogP contribution in [0.15, 0.2) is 0 Å². The number of rotatable bonds is 5. The first-order valence-corrected chi connectivity index (χ1v) is 8.82. The summed E-state index contributed by atoms with van der Waals surface area (Å²) in [6, 6.07) is -2.47. The van der Waals surface area contributed by atoms with Crippen molar-refractivity contribution in [3.8, 4) is 0 Å². The first kappa shape index (κ1) is 18.6. The number of fused-ring (bicyclic) bond motifs is 2. The highest BCUT2D eigenvalue weighted by atomic mass is 32.3. The van der Waals surface area contributed by atoms with Crippen LogP contribution in [0.25, 0.3) is 0 Å². The van der Waals surface area contributed by atoms with E-state index in [1.807, 2.05) is 0 Å². The number of hydrogen-bond donors (Lipinski definition) is 2. The van der Waals surface area contributed by atoms with Gasteiger partial charge in [-0.05, 0) is 19.3 Å². The molecule has 2 fully saturated rings. The molecule has 2 aliphatic heterocycles. The second-order valence-electron chi connectivity index (χ2n) is 5.87. The summed E-state index contributed by atoms with van der Waals surface area (Å²) in [5, 5.41) is 1.04. The largest absolute Gasteiger partial charge is 0.418 e. The molecule has 0 saturated carbocycles. The molecule has 136 valence electrons. The van der Waals surface area contributed by atoms with Crippen LogP contribution in [0.1, 0.15) is 33.1 Å². The van der Waals surface area contributed by atoms with Crippen molar-refractivity contribution in [2.75, 3.05) is 6.54 Å². The van der Waals surface area contributed by atoms with Crippen LogP contribution in [-0.4, -0.2) is 64.4 Å². The molecule has 0 spiro atoms. The van der Waals surface area contributed by atoms with E-state index in [1.54, 1.807) is 13.8 Å². The Labute approximate surface area is 139 Å². The SMILES string of the molecule is CCC(C)C(=O)N(N)C(=O)C1CCC2CN1C(=O)N2OS(=O)(=O)O. The van der Waals surface area contributed by atoms with E-state index in [9.17, 15) is 22.8 Å². The molecule has 2 bridgehead atoms. The highest BCUT2D eigenvalue weighted by Gasteiger charge is 2.50. The minimum absolute atomic E-state index is 0.0378. The molecule has 3 atom stereocenters. The zero-order chi connectivity index (χ0) is 18.2. The number of amides is 4. The molecule has 3 unspecified atom stereocenters. The summed E-state index contributed by atoms with van der Waals surface area (Å²) in [6.07, 6.45) is 0.965. The van der Waals surface area contributed by atoms with Crippen LogP contribution in [0, 0.1) is 5.92 Å². The summed E-state index contributed by atoms with van der Waals surface area (Å²) in [6.45, 7) is 3.45. The summed E-state index contributed by atoms with van der Waals surface area (Å²) < 4.78 is 34.6. The Bertz CT molecular complexity index is 652. The second kappa shape index (κ2) is 6.63. The summed E-state index contributed by atoms with van der Waals surface area (Å²) in [7, 11) is -4.86. The van der Waals surface area contributed by atoms with Gasteiger partial charge in [0.2, 0.25) is 5.91 Å². The van der Waals surface area contributed by atoms with Gasteiger partial charge in [0.05, 0.1) is 6.04 Å². The van der Waals surface area contributed by atoms with Crippen molar-refractivity contribution in [3.63, 3.8) is 0 Å². The first-order valence-electron chi connectivity index (χ1n) is 7.46. The van der Waals surface area contributed by atoms with E-state index in [4.69, 9.17) is 10.4 Å². The highest BCUT2D eigenvalue weighted by molar-refractivity contribution is 7.80. The van der Waals surface area contributed by atoms with E-state index in [0.29, 0.717) is 16.5 Å². The predicted octanol–water partition coefficient (Wildman–Crippen LogP) is -0.736. The van der Waals surface area contributed by atoms with Crippen molar-refractivity contribution in [1.29, 1.82) is 0 Å². The van der Waals surface area contributed by atoms with Crippen LogP contribution in [0.5, 0.6) is 0 Å². The fourth-order valence-corrected chi connectivity index (χ4v) is 3.16. The number of piperidine rings is 1. The fourth-order valence-electron chi connectivity index (χ4n) is 2.77. The van der Waals surface area contributed by atoms with Gasteiger partial charge >= 0.3 is 16.4 Å². The molecule has 3 N–H and O–H groups in total. The molecular weight excluding hydrogens is 344 g/mol.